The molecule has 0 radical (unpaired) electrons. The summed E-state index contributed by atoms with van der Waals surface area (Å²) in [5, 5.41) is 9.52. The van der Waals surface area contributed by atoms with Crippen LogP contribution in [0.4, 0.5) is 0 Å². The fourth-order valence-corrected chi connectivity index (χ4v) is 3.34. The third-order valence-electron chi connectivity index (χ3n) is 4.20. The number of hydrogen-bond donors (Lipinski definition) is 1. The molecular weight excluding hydrogens is 224 g/mol. The second kappa shape index (κ2) is 5.29. The number of aromatic hydroxyl groups is 1. The Morgan fingerprint density at radius 3 is 2.94 bits per heavy atom. The van der Waals surface area contributed by atoms with Crippen LogP contribution in [0.1, 0.15) is 24.8 Å². The number of benzene rings is 1. The number of phenols is 1. The van der Waals surface area contributed by atoms with E-state index in [0.717, 1.165) is 12.6 Å². The summed E-state index contributed by atoms with van der Waals surface area (Å²) in [5.74, 6) is 0.379. The summed E-state index contributed by atoms with van der Waals surface area (Å²) in [6, 6.07) is 8.44. The van der Waals surface area contributed by atoms with Crippen molar-refractivity contribution in [3.8, 4) is 5.75 Å². The highest BCUT2D eigenvalue weighted by atomic mass is 16.3. The van der Waals surface area contributed by atoms with Gasteiger partial charge in [-0.15, -0.1) is 0 Å². The highest BCUT2D eigenvalue weighted by Crippen LogP contribution is 2.22. The molecule has 1 aromatic rings. The lowest BCUT2D eigenvalue weighted by molar-refractivity contribution is 0.215. The van der Waals surface area contributed by atoms with Crippen LogP contribution in [0.25, 0.3) is 0 Å². The molecule has 2 fully saturated rings. The Morgan fingerprint density at radius 1 is 1.17 bits per heavy atom. The average Bonchev–Trinajstić information content (AvgIpc) is 2.69. The first-order valence-electron chi connectivity index (χ1n) is 7.05. The fourth-order valence-electron chi connectivity index (χ4n) is 3.34. The lowest BCUT2D eigenvalue weighted by atomic mass is 10.1. The minimum Gasteiger partial charge on any atom is -0.508 e. The molecule has 2 aliphatic heterocycles. The molecule has 3 heteroatoms. The van der Waals surface area contributed by atoms with Crippen LogP contribution in [0.15, 0.2) is 24.3 Å². The largest absolute Gasteiger partial charge is 0.508 e. The van der Waals surface area contributed by atoms with Crippen molar-refractivity contribution in [3.05, 3.63) is 29.8 Å². The normalized spacial score (nSPS) is 25.9. The zero-order chi connectivity index (χ0) is 12.4. The molecule has 3 rings (SSSR count). The second-order valence-corrected chi connectivity index (χ2v) is 5.59. The Balaban J connectivity index is 1.65. The van der Waals surface area contributed by atoms with Crippen LogP contribution in [0, 0.1) is 0 Å². The molecular formula is C15H22N2O. The van der Waals surface area contributed by atoms with Crippen molar-refractivity contribution < 1.29 is 5.11 Å². The van der Waals surface area contributed by atoms with E-state index >= 15 is 0 Å². The highest BCUT2D eigenvalue weighted by molar-refractivity contribution is 5.27. The van der Waals surface area contributed by atoms with E-state index < -0.39 is 0 Å². The highest BCUT2D eigenvalue weighted by Gasteiger charge is 2.28. The van der Waals surface area contributed by atoms with Crippen LogP contribution in [-0.4, -0.2) is 47.1 Å². The van der Waals surface area contributed by atoms with Gasteiger partial charge in [-0.2, -0.15) is 0 Å². The van der Waals surface area contributed by atoms with Gasteiger partial charge in [0.1, 0.15) is 5.75 Å². The van der Waals surface area contributed by atoms with E-state index in [4.69, 9.17) is 0 Å². The van der Waals surface area contributed by atoms with Crippen molar-refractivity contribution >= 4 is 0 Å². The zero-order valence-corrected chi connectivity index (χ0v) is 10.9. The van der Waals surface area contributed by atoms with Gasteiger partial charge in [0.25, 0.3) is 0 Å². The van der Waals surface area contributed by atoms with E-state index in [2.05, 4.69) is 15.9 Å². The van der Waals surface area contributed by atoms with Crippen LogP contribution in [0.5, 0.6) is 5.75 Å². The Morgan fingerprint density at radius 2 is 2.06 bits per heavy atom. The Hall–Kier alpha value is -1.06. The number of fused-ring (bicyclic) bond motifs is 1. The lowest BCUT2D eigenvalue weighted by Crippen LogP contribution is -2.36. The van der Waals surface area contributed by atoms with Crippen molar-refractivity contribution in [1.82, 2.24) is 9.80 Å². The van der Waals surface area contributed by atoms with E-state index in [1.54, 1.807) is 6.07 Å². The summed E-state index contributed by atoms with van der Waals surface area (Å²) >= 11 is 0. The molecule has 2 aliphatic rings. The molecule has 2 heterocycles. The van der Waals surface area contributed by atoms with Gasteiger partial charge in [0.15, 0.2) is 0 Å². The molecule has 0 aliphatic carbocycles. The van der Waals surface area contributed by atoms with E-state index in [1.807, 2.05) is 12.1 Å². The van der Waals surface area contributed by atoms with Crippen LogP contribution in [-0.2, 0) is 6.54 Å². The molecule has 0 amide bonds. The topological polar surface area (TPSA) is 26.7 Å². The van der Waals surface area contributed by atoms with Crippen molar-refractivity contribution in [1.29, 1.82) is 0 Å². The van der Waals surface area contributed by atoms with E-state index in [9.17, 15) is 5.11 Å². The van der Waals surface area contributed by atoms with Gasteiger partial charge in [-0.1, -0.05) is 12.1 Å². The third kappa shape index (κ3) is 2.68. The number of phenolic OH excluding ortho intramolecular Hbond substituents is 1. The summed E-state index contributed by atoms with van der Waals surface area (Å²) < 4.78 is 0. The fraction of sp³-hybridized carbons (Fsp3) is 0.600. The first kappa shape index (κ1) is 12.0. The summed E-state index contributed by atoms with van der Waals surface area (Å²) in [6.07, 6.45) is 4.00. The molecule has 1 aromatic carbocycles. The monoisotopic (exact) mass is 246 g/mol. The van der Waals surface area contributed by atoms with Gasteiger partial charge in [0.2, 0.25) is 0 Å². The Labute approximate surface area is 109 Å². The predicted molar refractivity (Wildman–Crippen MR) is 72.6 cm³/mol. The number of rotatable bonds is 2. The summed E-state index contributed by atoms with van der Waals surface area (Å²) in [6.45, 7) is 5.91. The predicted octanol–water partition coefficient (Wildman–Crippen LogP) is 2.06. The van der Waals surface area contributed by atoms with Gasteiger partial charge in [0, 0.05) is 19.1 Å². The van der Waals surface area contributed by atoms with Gasteiger partial charge >= 0.3 is 0 Å². The second-order valence-electron chi connectivity index (χ2n) is 5.59. The standard InChI is InChI=1S/C15H22N2O/c18-15-6-1-4-13(10-15)11-16-7-3-9-17-8-2-5-14(17)12-16/h1,4,6,10,14,18H,2-3,5,7-9,11-12H2. The zero-order valence-electron chi connectivity index (χ0n) is 10.9. The molecule has 98 valence electrons. The molecule has 3 nitrogen and oxygen atoms in total. The van der Waals surface area contributed by atoms with Crippen molar-refractivity contribution in [2.24, 2.45) is 0 Å². The molecule has 2 saturated heterocycles. The molecule has 0 bridgehead atoms. The van der Waals surface area contributed by atoms with E-state index in [0.29, 0.717) is 5.75 Å². The summed E-state index contributed by atoms with van der Waals surface area (Å²) in [4.78, 5) is 5.20. The van der Waals surface area contributed by atoms with Gasteiger partial charge < -0.3 is 5.11 Å². The van der Waals surface area contributed by atoms with Crippen LogP contribution in [0.2, 0.25) is 0 Å². The lowest BCUT2D eigenvalue weighted by Gasteiger charge is -2.25. The summed E-state index contributed by atoms with van der Waals surface area (Å²) in [5.41, 5.74) is 1.22. The molecule has 18 heavy (non-hydrogen) atoms. The third-order valence-corrected chi connectivity index (χ3v) is 4.20. The molecule has 1 atom stereocenters. The maximum Gasteiger partial charge on any atom is 0.115 e. The Bertz CT molecular complexity index is 407. The van der Waals surface area contributed by atoms with Crippen molar-refractivity contribution in [2.75, 3.05) is 26.2 Å². The maximum absolute atomic E-state index is 9.52. The molecule has 0 aromatic heterocycles. The van der Waals surface area contributed by atoms with Gasteiger partial charge in [-0.3, -0.25) is 9.80 Å². The minimum absolute atomic E-state index is 0.379. The first-order chi connectivity index (χ1) is 8.81. The smallest absolute Gasteiger partial charge is 0.115 e. The van der Waals surface area contributed by atoms with E-state index in [-0.39, 0.29) is 0 Å². The molecule has 1 unspecified atom stereocenters. The average molecular weight is 246 g/mol. The number of hydrogen-bond acceptors (Lipinski definition) is 3. The van der Waals surface area contributed by atoms with Gasteiger partial charge in [-0.25, -0.2) is 0 Å². The van der Waals surface area contributed by atoms with Gasteiger partial charge in [0.05, 0.1) is 0 Å². The molecule has 0 spiro atoms. The van der Waals surface area contributed by atoms with Crippen LogP contribution >= 0.6 is 0 Å². The summed E-state index contributed by atoms with van der Waals surface area (Å²) in [7, 11) is 0. The molecule has 0 saturated carbocycles. The van der Waals surface area contributed by atoms with Gasteiger partial charge in [-0.05, 0) is 56.6 Å². The maximum atomic E-state index is 9.52. The van der Waals surface area contributed by atoms with Crippen molar-refractivity contribution in [3.63, 3.8) is 0 Å². The SMILES string of the molecule is Oc1cccc(CN2CCCN3CCCC3C2)c1. The molecule has 1 N–H and O–H groups in total. The van der Waals surface area contributed by atoms with Crippen molar-refractivity contribution in [2.45, 2.75) is 31.8 Å². The number of nitrogens with zero attached hydrogens (tertiary/aromatic N) is 2. The van der Waals surface area contributed by atoms with Crippen LogP contribution < -0.4 is 0 Å². The minimum atomic E-state index is 0.379. The van der Waals surface area contributed by atoms with Crippen LogP contribution in [0.3, 0.4) is 0 Å². The Kier molecular flexibility index (Phi) is 3.52. The quantitative estimate of drug-likeness (QED) is 0.865. The first-order valence-corrected chi connectivity index (χ1v) is 7.05. The van der Waals surface area contributed by atoms with E-state index in [1.165, 1.54) is 51.0 Å².